The number of benzene rings is 1. The average Bonchev–Trinajstić information content (AvgIpc) is 2.38. The Balaban J connectivity index is 2.22. The highest BCUT2D eigenvalue weighted by atomic mass is 14.7. The zero-order valence-corrected chi connectivity index (χ0v) is 9.72. The molecule has 2 aliphatic rings. The predicted octanol–water partition coefficient (Wildman–Crippen LogP) is 4.04. The molecule has 0 fully saturated rings. The maximum absolute atomic E-state index is 4.58. The van der Waals surface area contributed by atoms with E-state index in [9.17, 15) is 0 Å². The van der Waals surface area contributed by atoms with Crippen LogP contribution in [0.3, 0.4) is 0 Å². The minimum absolute atomic E-state index is 1.01. The third-order valence-corrected chi connectivity index (χ3v) is 2.84. The highest BCUT2D eigenvalue weighted by Crippen LogP contribution is 2.15. The number of pyridine rings is 1. The third-order valence-electron chi connectivity index (χ3n) is 2.84. The zero-order valence-electron chi connectivity index (χ0n) is 9.72. The molecule has 0 spiro atoms. The summed E-state index contributed by atoms with van der Waals surface area (Å²) < 4.78 is 0. The molecule has 2 aromatic rings. The van der Waals surface area contributed by atoms with Gasteiger partial charge in [0.05, 0.1) is 11.4 Å². The average molecular weight is 219 g/mol. The first-order valence-electron chi connectivity index (χ1n) is 5.74. The summed E-state index contributed by atoms with van der Waals surface area (Å²) in [7, 11) is 0. The Morgan fingerprint density at radius 1 is 0.706 bits per heavy atom. The molecular formula is C16H13N. The van der Waals surface area contributed by atoms with E-state index in [-0.39, 0.29) is 0 Å². The lowest BCUT2D eigenvalue weighted by Gasteiger charge is -1.99. The van der Waals surface area contributed by atoms with Gasteiger partial charge in [0.2, 0.25) is 0 Å². The molecule has 1 heteroatoms. The molecule has 3 heterocycles. The molecule has 17 heavy (non-hydrogen) atoms. The molecule has 0 saturated carbocycles. The van der Waals surface area contributed by atoms with Crippen LogP contribution in [-0.2, 0) is 0 Å². The summed E-state index contributed by atoms with van der Waals surface area (Å²) in [6.07, 6.45) is 8.32. The fraction of sp³-hybridized carbons (Fsp3) is 0.0625. The van der Waals surface area contributed by atoms with E-state index < -0.39 is 0 Å². The molecule has 0 N–H and O–H groups in total. The van der Waals surface area contributed by atoms with Gasteiger partial charge in [-0.25, -0.2) is 4.98 Å². The number of aryl methyl sites for hydroxylation is 1. The van der Waals surface area contributed by atoms with Crippen molar-refractivity contribution in [2.45, 2.75) is 6.92 Å². The summed E-state index contributed by atoms with van der Waals surface area (Å²) in [5.74, 6) is 0. The van der Waals surface area contributed by atoms with Crippen LogP contribution in [0, 0.1) is 6.92 Å². The molecule has 0 amide bonds. The van der Waals surface area contributed by atoms with Crippen molar-refractivity contribution in [2.24, 2.45) is 0 Å². The first kappa shape index (κ1) is 10.0. The SMILES string of the molecule is Cc1cc2nc(c1)/C=C\c1ccc(cc1)/C=C\2. The van der Waals surface area contributed by atoms with Crippen molar-refractivity contribution in [3.63, 3.8) is 0 Å². The molecule has 0 saturated heterocycles. The maximum atomic E-state index is 4.58. The van der Waals surface area contributed by atoms with Crippen LogP contribution in [0.4, 0.5) is 0 Å². The summed E-state index contributed by atoms with van der Waals surface area (Å²) >= 11 is 0. The Bertz CT molecular complexity index is 553. The van der Waals surface area contributed by atoms with E-state index >= 15 is 0 Å². The van der Waals surface area contributed by atoms with Crippen LogP contribution >= 0.6 is 0 Å². The second-order valence-electron chi connectivity index (χ2n) is 4.33. The minimum Gasteiger partial charge on any atom is -0.249 e. The highest BCUT2D eigenvalue weighted by Gasteiger charge is 1.98. The van der Waals surface area contributed by atoms with E-state index in [1.807, 2.05) is 0 Å². The van der Waals surface area contributed by atoms with Crippen molar-refractivity contribution in [3.05, 3.63) is 64.5 Å². The Kier molecular flexibility index (Phi) is 2.37. The Labute approximate surface area is 101 Å². The quantitative estimate of drug-likeness (QED) is 0.556. The molecule has 1 aromatic heterocycles. The van der Waals surface area contributed by atoms with Gasteiger partial charge in [-0.15, -0.1) is 0 Å². The van der Waals surface area contributed by atoms with Crippen molar-refractivity contribution >= 4 is 24.3 Å². The van der Waals surface area contributed by atoms with Gasteiger partial charge in [0.25, 0.3) is 0 Å². The van der Waals surface area contributed by atoms with Crippen LogP contribution in [0.25, 0.3) is 24.3 Å². The van der Waals surface area contributed by atoms with Gasteiger partial charge in [0.1, 0.15) is 0 Å². The fourth-order valence-electron chi connectivity index (χ4n) is 1.97. The van der Waals surface area contributed by atoms with Crippen molar-refractivity contribution in [3.8, 4) is 0 Å². The summed E-state index contributed by atoms with van der Waals surface area (Å²) in [5, 5.41) is 0. The summed E-state index contributed by atoms with van der Waals surface area (Å²) in [5.41, 5.74) is 5.66. The molecule has 4 rings (SSSR count). The van der Waals surface area contributed by atoms with Gasteiger partial charge < -0.3 is 0 Å². The lowest BCUT2D eigenvalue weighted by atomic mass is 10.1. The van der Waals surface area contributed by atoms with Gasteiger partial charge in [-0.2, -0.15) is 0 Å². The highest BCUT2D eigenvalue weighted by molar-refractivity contribution is 5.74. The van der Waals surface area contributed by atoms with Crippen molar-refractivity contribution in [1.82, 2.24) is 4.98 Å². The van der Waals surface area contributed by atoms with E-state index in [0.29, 0.717) is 0 Å². The molecule has 82 valence electrons. The topological polar surface area (TPSA) is 12.9 Å². The molecule has 1 aromatic carbocycles. The van der Waals surface area contributed by atoms with Gasteiger partial charge in [-0.3, -0.25) is 0 Å². The normalized spacial score (nSPS) is 16.3. The number of nitrogens with zero attached hydrogens (tertiary/aromatic N) is 1. The molecular weight excluding hydrogens is 206 g/mol. The molecule has 2 aliphatic heterocycles. The predicted molar refractivity (Wildman–Crippen MR) is 73.3 cm³/mol. The van der Waals surface area contributed by atoms with Crippen LogP contribution < -0.4 is 0 Å². The van der Waals surface area contributed by atoms with E-state index in [4.69, 9.17) is 0 Å². The third kappa shape index (κ3) is 2.18. The van der Waals surface area contributed by atoms with Gasteiger partial charge in [0.15, 0.2) is 0 Å². The number of rotatable bonds is 0. The molecule has 0 aliphatic carbocycles. The first-order valence-corrected chi connectivity index (χ1v) is 5.74. The van der Waals surface area contributed by atoms with Crippen LogP contribution in [0.1, 0.15) is 28.1 Å². The molecule has 4 bridgehead atoms. The molecule has 0 unspecified atom stereocenters. The first-order chi connectivity index (χ1) is 8.29. The van der Waals surface area contributed by atoms with Gasteiger partial charge in [0, 0.05) is 0 Å². The van der Waals surface area contributed by atoms with E-state index in [0.717, 1.165) is 11.4 Å². The minimum atomic E-state index is 1.01. The van der Waals surface area contributed by atoms with E-state index in [1.165, 1.54) is 16.7 Å². The summed E-state index contributed by atoms with van der Waals surface area (Å²) in [4.78, 5) is 4.58. The van der Waals surface area contributed by atoms with E-state index in [1.54, 1.807) is 0 Å². The number of hydrogen-bond donors (Lipinski definition) is 0. The van der Waals surface area contributed by atoms with Gasteiger partial charge in [-0.1, -0.05) is 36.4 Å². The lowest BCUT2D eigenvalue weighted by molar-refractivity contribution is 1.23. The van der Waals surface area contributed by atoms with Crippen LogP contribution in [0.5, 0.6) is 0 Å². The Morgan fingerprint density at radius 3 is 1.65 bits per heavy atom. The van der Waals surface area contributed by atoms with Crippen molar-refractivity contribution in [1.29, 1.82) is 0 Å². The standard InChI is InChI=1S/C16H13N/c1-12-10-15-8-6-13-2-3-14(5-4-13)7-9-16(11-12)17-15/h2-11H,1H3/b8-6-,9-7-. The van der Waals surface area contributed by atoms with E-state index in [2.05, 4.69) is 72.6 Å². The maximum Gasteiger partial charge on any atom is 0.0639 e. The molecule has 0 radical (unpaired) electrons. The smallest absolute Gasteiger partial charge is 0.0639 e. The second kappa shape index (κ2) is 4.02. The zero-order chi connectivity index (χ0) is 11.7. The fourth-order valence-corrected chi connectivity index (χ4v) is 1.97. The number of aromatic nitrogens is 1. The Hall–Kier alpha value is -2.15. The number of fused-ring (bicyclic) bond motifs is 2. The van der Waals surface area contributed by atoms with Crippen LogP contribution in [0.15, 0.2) is 36.4 Å². The largest absolute Gasteiger partial charge is 0.249 e. The van der Waals surface area contributed by atoms with Gasteiger partial charge in [-0.05, 0) is 47.9 Å². The van der Waals surface area contributed by atoms with Crippen molar-refractivity contribution in [2.75, 3.05) is 0 Å². The lowest BCUT2D eigenvalue weighted by Crippen LogP contribution is -1.87. The number of hydrogen-bond acceptors (Lipinski definition) is 1. The Morgan fingerprint density at radius 2 is 1.18 bits per heavy atom. The van der Waals surface area contributed by atoms with Crippen LogP contribution in [-0.4, -0.2) is 4.98 Å². The van der Waals surface area contributed by atoms with Gasteiger partial charge >= 0.3 is 0 Å². The molecule has 1 nitrogen and oxygen atoms in total. The summed E-state index contributed by atoms with van der Waals surface area (Å²) in [6.45, 7) is 2.10. The summed E-state index contributed by atoms with van der Waals surface area (Å²) in [6, 6.07) is 12.7. The molecule has 0 atom stereocenters. The second-order valence-corrected chi connectivity index (χ2v) is 4.33. The van der Waals surface area contributed by atoms with Crippen LogP contribution in [0.2, 0.25) is 0 Å². The monoisotopic (exact) mass is 219 g/mol. The van der Waals surface area contributed by atoms with Crippen molar-refractivity contribution < 1.29 is 0 Å².